The number of rotatable bonds is 0. The van der Waals surface area contributed by atoms with E-state index in [0.717, 1.165) is 25.0 Å². The van der Waals surface area contributed by atoms with E-state index in [0.29, 0.717) is 5.13 Å². The van der Waals surface area contributed by atoms with Gasteiger partial charge in [-0.05, 0) is 12.8 Å². The minimum atomic E-state index is 0.152. The van der Waals surface area contributed by atoms with Crippen LogP contribution in [0.25, 0.3) is 0 Å². The van der Waals surface area contributed by atoms with Gasteiger partial charge in [-0.15, -0.1) is 11.3 Å². The molecule has 0 aromatic carbocycles. The lowest BCUT2D eigenvalue weighted by atomic mass is 9.92. The number of nitrogens with zero attached hydrogens (tertiary/aromatic N) is 2. The van der Waals surface area contributed by atoms with Gasteiger partial charge in [0.2, 0.25) is 0 Å². The van der Waals surface area contributed by atoms with Crippen LogP contribution in [0.1, 0.15) is 17.0 Å². The number of nitrogens with two attached hydrogens (primary N) is 1. The van der Waals surface area contributed by atoms with Gasteiger partial charge >= 0.3 is 0 Å². The third-order valence-corrected chi connectivity index (χ3v) is 3.12. The number of fused-ring (bicyclic) bond motifs is 1. The van der Waals surface area contributed by atoms with Crippen molar-refractivity contribution in [1.29, 1.82) is 5.26 Å². The van der Waals surface area contributed by atoms with Crippen LogP contribution in [-0.4, -0.2) is 4.98 Å². The second-order valence-corrected chi connectivity index (χ2v) is 4.11. The number of nitriles is 1. The van der Waals surface area contributed by atoms with Crippen molar-refractivity contribution in [3.8, 4) is 6.07 Å². The number of nitrogen functional groups attached to an aromatic ring is 1. The first-order valence-electron chi connectivity index (χ1n) is 3.93. The molecule has 1 aromatic heterocycles. The van der Waals surface area contributed by atoms with Crippen LogP contribution in [0, 0.1) is 17.2 Å². The number of thiazole rings is 1. The molecular weight excluding hydrogens is 170 g/mol. The summed E-state index contributed by atoms with van der Waals surface area (Å²) >= 11 is 1.56. The smallest absolute Gasteiger partial charge is 0.180 e. The zero-order valence-corrected chi connectivity index (χ0v) is 7.40. The zero-order valence-electron chi connectivity index (χ0n) is 6.58. The van der Waals surface area contributed by atoms with Gasteiger partial charge in [0.25, 0.3) is 0 Å². The second-order valence-electron chi connectivity index (χ2n) is 2.99. The van der Waals surface area contributed by atoms with E-state index in [-0.39, 0.29) is 5.92 Å². The molecule has 1 aromatic rings. The van der Waals surface area contributed by atoms with E-state index < -0.39 is 0 Å². The zero-order chi connectivity index (χ0) is 8.55. The van der Waals surface area contributed by atoms with Crippen LogP contribution in [0.5, 0.6) is 0 Å². The molecule has 2 rings (SSSR count). The van der Waals surface area contributed by atoms with Crippen LogP contribution in [0.3, 0.4) is 0 Å². The summed E-state index contributed by atoms with van der Waals surface area (Å²) < 4.78 is 0. The molecule has 0 bridgehead atoms. The van der Waals surface area contributed by atoms with Crippen LogP contribution in [-0.2, 0) is 12.8 Å². The molecule has 1 unspecified atom stereocenters. The Kier molecular flexibility index (Phi) is 1.74. The molecule has 3 nitrogen and oxygen atoms in total. The van der Waals surface area contributed by atoms with Crippen LogP contribution >= 0.6 is 11.3 Å². The van der Waals surface area contributed by atoms with Gasteiger partial charge in [0.1, 0.15) is 0 Å². The average Bonchev–Trinajstić information content (AvgIpc) is 2.43. The monoisotopic (exact) mass is 179 g/mol. The molecule has 0 radical (unpaired) electrons. The summed E-state index contributed by atoms with van der Waals surface area (Å²) in [6, 6.07) is 2.28. The molecule has 1 heterocycles. The van der Waals surface area contributed by atoms with E-state index in [2.05, 4.69) is 11.1 Å². The number of hydrogen-bond acceptors (Lipinski definition) is 4. The summed E-state index contributed by atoms with van der Waals surface area (Å²) in [5.41, 5.74) is 6.62. The fourth-order valence-electron chi connectivity index (χ4n) is 1.51. The summed E-state index contributed by atoms with van der Waals surface area (Å²) in [6.07, 6.45) is 2.73. The molecule has 0 saturated carbocycles. The van der Waals surface area contributed by atoms with Gasteiger partial charge in [0.15, 0.2) is 5.13 Å². The predicted molar refractivity (Wildman–Crippen MR) is 47.7 cm³/mol. The van der Waals surface area contributed by atoms with E-state index in [9.17, 15) is 0 Å². The fraction of sp³-hybridized carbons (Fsp3) is 0.500. The minimum absolute atomic E-state index is 0.152. The molecule has 2 N–H and O–H groups in total. The third kappa shape index (κ3) is 1.16. The highest BCUT2D eigenvalue weighted by Gasteiger charge is 2.21. The van der Waals surface area contributed by atoms with Gasteiger partial charge < -0.3 is 5.73 Å². The summed E-state index contributed by atoms with van der Waals surface area (Å²) in [4.78, 5) is 5.47. The second kappa shape index (κ2) is 2.76. The van der Waals surface area contributed by atoms with Gasteiger partial charge in [-0.2, -0.15) is 5.26 Å². The molecule has 4 heteroatoms. The van der Waals surface area contributed by atoms with Crippen LogP contribution in [0.15, 0.2) is 0 Å². The topological polar surface area (TPSA) is 62.7 Å². The molecule has 0 amide bonds. The van der Waals surface area contributed by atoms with E-state index in [1.54, 1.807) is 11.3 Å². The van der Waals surface area contributed by atoms with Gasteiger partial charge in [0.05, 0.1) is 17.7 Å². The average molecular weight is 179 g/mol. The van der Waals surface area contributed by atoms with Crippen molar-refractivity contribution >= 4 is 16.5 Å². The minimum Gasteiger partial charge on any atom is -0.375 e. The molecule has 0 spiro atoms. The summed E-state index contributed by atoms with van der Waals surface area (Å²) in [5, 5.41) is 9.36. The number of hydrogen-bond donors (Lipinski definition) is 1. The lowest BCUT2D eigenvalue weighted by molar-refractivity contribution is 0.562. The van der Waals surface area contributed by atoms with Crippen LogP contribution in [0.2, 0.25) is 0 Å². The first kappa shape index (κ1) is 7.56. The first-order valence-corrected chi connectivity index (χ1v) is 4.75. The lowest BCUT2D eigenvalue weighted by Crippen LogP contribution is -2.11. The largest absolute Gasteiger partial charge is 0.375 e. The number of aryl methyl sites for hydroxylation is 1. The highest BCUT2D eigenvalue weighted by molar-refractivity contribution is 7.15. The van der Waals surface area contributed by atoms with Crippen molar-refractivity contribution in [3.63, 3.8) is 0 Å². The predicted octanol–water partition coefficient (Wildman–Crippen LogP) is 1.35. The third-order valence-electron chi connectivity index (χ3n) is 2.14. The lowest BCUT2D eigenvalue weighted by Gasteiger charge is -2.13. The van der Waals surface area contributed by atoms with Gasteiger partial charge in [-0.3, -0.25) is 0 Å². The highest BCUT2D eigenvalue weighted by atomic mass is 32.1. The quantitative estimate of drug-likeness (QED) is 0.654. The maximum atomic E-state index is 8.72. The van der Waals surface area contributed by atoms with Crippen molar-refractivity contribution in [2.45, 2.75) is 19.3 Å². The van der Waals surface area contributed by atoms with Gasteiger partial charge in [-0.25, -0.2) is 4.98 Å². The first-order chi connectivity index (χ1) is 5.79. The van der Waals surface area contributed by atoms with Crippen molar-refractivity contribution in [2.75, 3.05) is 5.73 Å². The van der Waals surface area contributed by atoms with Crippen molar-refractivity contribution in [3.05, 3.63) is 10.6 Å². The summed E-state index contributed by atoms with van der Waals surface area (Å²) in [7, 11) is 0. The standard InChI is InChI=1S/C8H9N3S/c9-4-5-1-2-7-6(3-5)11-8(10)12-7/h5H,1-3H2,(H2,10,11). The number of anilines is 1. The van der Waals surface area contributed by atoms with E-state index in [1.165, 1.54) is 4.88 Å². The number of aromatic nitrogens is 1. The van der Waals surface area contributed by atoms with E-state index >= 15 is 0 Å². The van der Waals surface area contributed by atoms with Crippen molar-refractivity contribution in [1.82, 2.24) is 4.98 Å². The molecule has 62 valence electrons. The molecule has 12 heavy (non-hydrogen) atoms. The van der Waals surface area contributed by atoms with E-state index in [1.807, 2.05) is 0 Å². The molecular formula is C8H9N3S. The maximum absolute atomic E-state index is 8.72. The van der Waals surface area contributed by atoms with Gasteiger partial charge in [0, 0.05) is 11.3 Å². The van der Waals surface area contributed by atoms with Crippen LogP contribution in [0.4, 0.5) is 5.13 Å². The molecule has 0 fully saturated rings. The Morgan fingerprint density at radius 3 is 3.25 bits per heavy atom. The van der Waals surface area contributed by atoms with E-state index in [4.69, 9.17) is 11.0 Å². The van der Waals surface area contributed by atoms with Gasteiger partial charge in [-0.1, -0.05) is 0 Å². The Balaban J connectivity index is 2.29. The van der Waals surface area contributed by atoms with Crippen molar-refractivity contribution in [2.24, 2.45) is 5.92 Å². The summed E-state index contributed by atoms with van der Waals surface area (Å²) in [5.74, 6) is 0.152. The molecule has 1 aliphatic carbocycles. The molecule has 0 aliphatic heterocycles. The Bertz CT molecular complexity index is 337. The van der Waals surface area contributed by atoms with Crippen LogP contribution < -0.4 is 5.73 Å². The Hall–Kier alpha value is -1.08. The SMILES string of the molecule is N#CC1CCc2sc(N)nc2C1. The fourth-order valence-corrected chi connectivity index (χ4v) is 2.38. The molecule has 1 aliphatic rings. The normalized spacial score (nSPS) is 21.4. The molecule has 0 saturated heterocycles. The Labute approximate surface area is 74.8 Å². The van der Waals surface area contributed by atoms with Crippen molar-refractivity contribution < 1.29 is 0 Å². The Morgan fingerprint density at radius 1 is 1.67 bits per heavy atom. The summed E-state index contributed by atoms with van der Waals surface area (Å²) in [6.45, 7) is 0. The molecule has 1 atom stereocenters. The maximum Gasteiger partial charge on any atom is 0.180 e. The Morgan fingerprint density at radius 2 is 2.50 bits per heavy atom. The highest BCUT2D eigenvalue weighted by Crippen LogP contribution is 2.30.